The van der Waals surface area contributed by atoms with Gasteiger partial charge in [-0.2, -0.15) is 5.10 Å². The zero-order valence-electron chi connectivity index (χ0n) is 16.8. The first-order valence-electron chi connectivity index (χ1n) is 9.80. The van der Waals surface area contributed by atoms with E-state index < -0.39 is 18.5 Å². The molecule has 2 bridgehead atoms. The van der Waals surface area contributed by atoms with Gasteiger partial charge < -0.3 is 14.8 Å². The van der Waals surface area contributed by atoms with E-state index in [4.69, 9.17) is 9.47 Å². The Morgan fingerprint density at radius 2 is 2.14 bits per heavy atom. The van der Waals surface area contributed by atoms with Gasteiger partial charge in [-0.05, 0) is 48.8 Å². The zero-order chi connectivity index (χ0) is 20.8. The van der Waals surface area contributed by atoms with Gasteiger partial charge in [0.05, 0.1) is 11.3 Å². The maximum absolute atomic E-state index is 12.2. The van der Waals surface area contributed by atoms with Crippen LogP contribution in [-0.2, 0) is 14.3 Å². The number of carbonyl (C=O) groups is 3. The Hall–Kier alpha value is -2.90. The number of ether oxygens (including phenoxy) is 2. The number of carbonyl (C=O) groups excluding carboxylic acids is 3. The third kappa shape index (κ3) is 3.26. The van der Waals surface area contributed by atoms with Gasteiger partial charge in [-0.3, -0.25) is 9.59 Å². The van der Waals surface area contributed by atoms with Crippen LogP contribution in [0.15, 0.2) is 23.3 Å². The first kappa shape index (κ1) is 19.4. The third-order valence-corrected chi connectivity index (χ3v) is 7.01. The highest BCUT2D eigenvalue weighted by Gasteiger charge is 2.60. The predicted octanol–water partition coefficient (Wildman–Crippen LogP) is 2.49. The minimum Gasteiger partial charge on any atom is -0.482 e. The standard InChI is InChI=1S/C21H25N3O5/c1-20(2)13-6-7-21(20,3)16(9-13)23-24-18(26)11-29-19(27)12-4-5-14-15(8-12)28-10-17(25)22-14/h4-5,8,13H,6-7,9-11H2,1-3H3,(H,22,25)(H,24,26)/b23-16-. The Balaban J connectivity index is 1.32. The van der Waals surface area contributed by atoms with Gasteiger partial charge in [0.1, 0.15) is 5.75 Å². The summed E-state index contributed by atoms with van der Waals surface area (Å²) in [6, 6.07) is 4.55. The van der Waals surface area contributed by atoms with Gasteiger partial charge in [0.15, 0.2) is 13.2 Å². The van der Waals surface area contributed by atoms with Crippen molar-refractivity contribution in [2.24, 2.45) is 21.8 Å². The number of hydrogen-bond acceptors (Lipinski definition) is 6. The Bertz CT molecular complexity index is 923. The van der Waals surface area contributed by atoms with Crippen molar-refractivity contribution in [1.29, 1.82) is 0 Å². The highest BCUT2D eigenvalue weighted by molar-refractivity contribution is 5.98. The Morgan fingerprint density at radius 1 is 1.34 bits per heavy atom. The monoisotopic (exact) mass is 399 g/mol. The summed E-state index contributed by atoms with van der Waals surface area (Å²) in [6.07, 6.45) is 3.17. The third-order valence-electron chi connectivity index (χ3n) is 7.01. The van der Waals surface area contributed by atoms with E-state index in [0.29, 0.717) is 17.4 Å². The molecule has 1 aliphatic heterocycles. The molecule has 3 aliphatic rings. The number of benzene rings is 1. The highest BCUT2D eigenvalue weighted by atomic mass is 16.5. The Kier molecular flexibility index (Phi) is 4.59. The molecule has 2 amide bonds. The van der Waals surface area contributed by atoms with Crippen molar-refractivity contribution >= 4 is 29.2 Å². The van der Waals surface area contributed by atoms with Crippen molar-refractivity contribution in [1.82, 2.24) is 5.43 Å². The van der Waals surface area contributed by atoms with Crippen molar-refractivity contribution in [3.63, 3.8) is 0 Å². The van der Waals surface area contributed by atoms with Crippen LogP contribution in [0.3, 0.4) is 0 Å². The first-order valence-corrected chi connectivity index (χ1v) is 9.80. The molecule has 4 rings (SSSR count). The van der Waals surface area contributed by atoms with E-state index >= 15 is 0 Å². The summed E-state index contributed by atoms with van der Waals surface area (Å²) in [7, 11) is 0. The van der Waals surface area contributed by atoms with E-state index in [-0.39, 0.29) is 28.9 Å². The first-order chi connectivity index (χ1) is 13.7. The van der Waals surface area contributed by atoms with Gasteiger partial charge in [0.2, 0.25) is 0 Å². The molecule has 29 heavy (non-hydrogen) atoms. The van der Waals surface area contributed by atoms with Gasteiger partial charge in [-0.1, -0.05) is 20.8 Å². The number of esters is 1. The number of nitrogens with zero attached hydrogens (tertiary/aromatic N) is 1. The molecule has 1 heterocycles. The van der Waals surface area contributed by atoms with Crippen LogP contribution in [0.4, 0.5) is 5.69 Å². The molecular weight excluding hydrogens is 374 g/mol. The summed E-state index contributed by atoms with van der Waals surface area (Å²) in [5.74, 6) is -0.390. The minimum atomic E-state index is -0.649. The lowest BCUT2D eigenvalue weighted by Crippen LogP contribution is -2.35. The SMILES string of the molecule is CC12CCC(C/C1=N/NC(=O)COC(=O)c1ccc3c(c1)OCC(=O)N3)C2(C)C. The molecule has 154 valence electrons. The second-order valence-electron chi connectivity index (χ2n) is 8.71. The molecule has 2 atom stereocenters. The summed E-state index contributed by atoms with van der Waals surface area (Å²) in [4.78, 5) is 35.6. The Labute approximate surface area is 169 Å². The van der Waals surface area contributed by atoms with Crippen LogP contribution in [-0.4, -0.2) is 36.7 Å². The van der Waals surface area contributed by atoms with Gasteiger partial charge in [-0.25, -0.2) is 10.2 Å². The molecule has 1 aromatic rings. The van der Waals surface area contributed by atoms with Crippen LogP contribution in [0.25, 0.3) is 0 Å². The van der Waals surface area contributed by atoms with Gasteiger partial charge in [0, 0.05) is 11.1 Å². The smallest absolute Gasteiger partial charge is 0.338 e. The second-order valence-corrected chi connectivity index (χ2v) is 8.71. The fourth-order valence-corrected chi connectivity index (χ4v) is 4.68. The van der Waals surface area contributed by atoms with E-state index in [1.165, 1.54) is 18.6 Å². The molecule has 0 aromatic heterocycles. The van der Waals surface area contributed by atoms with E-state index in [9.17, 15) is 14.4 Å². The molecule has 1 aromatic carbocycles. The number of fused-ring (bicyclic) bond motifs is 3. The van der Waals surface area contributed by atoms with Crippen molar-refractivity contribution in [2.45, 2.75) is 40.0 Å². The molecule has 0 spiro atoms. The van der Waals surface area contributed by atoms with E-state index in [2.05, 4.69) is 36.6 Å². The number of nitrogens with one attached hydrogen (secondary N) is 2. The number of hydrazone groups is 1. The summed E-state index contributed by atoms with van der Waals surface area (Å²) < 4.78 is 10.4. The van der Waals surface area contributed by atoms with Crippen molar-refractivity contribution in [3.05, 3.63) is 23.8 Å². The summed E-state index contributed by atoms with van der Waals surface area (Å²) in [5.41, 5.74) is 4.46. The van der Waals surface area contributed by atoms with Crippen LogP contribution in [0, 0.1) is 16.7 Å². The largest absolute Gasteiger partial charge is 0.482 e. The van der Waals surface area contributed by atoms with Crippen LogP contribution >= 0.6 is 0 Å². The average Bonchev–Trinajstić information content (AvgIpc) is 3.03. The second kappa shape index (κ2) is 6.86. The number of rotatable bonds is 4. The number of hydrogen-bond donors (Lipinski definition) is 2. The molecule has 0 saturated heterocycles. The van der Waals surface area contributed by atoms with Gasteiger partial charge >= 0.3 is 5.97 Å². The Morgan fingerprint density at radius 3 is 2.83 bits per heavy atom. The average molecular weight is 399 g/mol. The van der Waals surface area contributed by atoms with Gasteiger partial charge in [0.25, 0.3) is 11.8 Å². The molecule has 8 nitrogen and oxygen atoms in total. The fraction of sp³-hybridized carbons (Fsp3) is 0.524. The van der Waals surface area contributed by atoms with Crippen LogP contribution in [0.1, 0.15) is 50.4 Å². The van der Waals surface area contributed by atoms with Crippen LogP contribution < -0.4 is 15.5 Å². The molecular formula is C21H25N3O5. The van der Waals surface area contributed by atoms with Crippen LogP contribution in [0.2, 0.25) is 0 Å². The molecule has 2 N–H and O–H groups in total. The lowest BCUT2D eigenvalue weighted by atomic mass is 9.70. The summed E-state index contributed by atoms with van der Waals surface area (Å²) in [6.45, 7) is 6.22. The molecule has 2 saturated carbocycles. The predicted molar refractivity (Wildman–Crippen MR) is 106 cm³/mol. The molecule has 8 heteroatoms. The lowest BCUT2D eigenvalue weighted by molar-refractivity contribution is -0.124. The summed E-state index contributed by atoms with van der Waals surface area (Å²) >= 11 is 0. The molecule has 2 aliphatic carbocycles. The summed E-state index contributed by atoms with van der Waals surface area (Å²) in [5, 5.41) is 7.00. The normalized spacial score (nSPS) is 27.8. The molecule has 2 fully saturated rings. The maximum atomic E-state index is 12.2. The zero-order valence-corrected chi connectivity index (χ0v) is 16.8. The maximum Gasteiger partial charge on any atom is 0.338 e. The number of amides is 2. The molecule has 2 unspecified atom stereocenters. The molecule has 0 radical (unpaired) electrons. The van der Waals surface area contributed by atoms with E-state index in [0.717, 1.165) is 18.6 Å². The fourth-order valence-electron chi connectivity index (χ4n) is 4.68. The van der Waals surface area contributed by atoms with E-state index in [1.807, 2.05) is 0 Å². The minimum absolute atomic E-state index is 0.000171. The topological polar surface area (TPSA) is 106 Å². The van der Waals surface area contributed by atoms with Crippen molar-refractivity contribution < 1.29 is 23.9 Å². The van der Waals surface area contributed by atoms with Crippen molar-refractivity contribution in [3.8, 4) is 5.75 Å². The van der Waals surface area contributed by atoms with Crippen molar-refractivity contribution in [2.75, 3.05) is 18.5 Å². The highest BCUT2D eigenvalue weighted by Crippen LogP contribution is 2.63. The van der Waals surface area contributed by atoms with E-state index in [1.54, 1.807) is 6.07 Å². The lowest BCUT2D eigenvalue weighted by Gasteiger charge is -2.34. The van der Waals surface area contributed by atoms with Gasteiger partial charge in [-0.15, -0.1) is 0 Å². The van der Waals surface area contributed by atoms with Crippen LogP contribution in [0.5, 0.6) is 5.75 Å². The quantitative estimate of drug-likeness (QED) is 0.598. The number of anilines is 1.